The Hall–Kier alpha value is -1.86. The highest BCUT2D eigenvalue weighted by molar-refractivity contribution is 7.98. The van der Waals surface area contributed by atoms with Crippen molar-refractivity contribution in [3.05, 3.63) is 42.2 Å². The van der Waals surface area contributed by atoms with Crippen molar-refractivity contribution >= 4 is 17.7 Å². The van der Waals surface area contributed by atoms with Crippen LogP contribution in [-0.4, -0.2) is 15.9 Å². The Labute approximate surface area is 102 Å². The number of hydrazine groups is 1. The number of nitrogens with zero attached hydrogens (tertiary/aromatic N) is 2. The molecule has 0 aliphatic heterocycles. The fourth-order valence-electron chi connectivity index (χ4n) is 1.23. The molecule has 0 spiro atoms. The minimum absolute atomic E-state index is 0.367. The molecule has 2 rings (SSSR count). The Morgan fingerprint density at radius 1 is 1.53 bits per heavy atom. The van der Waals surface area contributed by atoms with Crippen molar-refractivity contribution < 1.29 is 9.21 Å². The summed E-state index contributed by atoms with van der Waals surface area (Å²) in [6.07, 6.45) is 6.32. The van der Waals surface area contributed by atoms with Crippen LogP contribution in [0.15, 0.2) is 40.4 Å². The van der Waals surface area contributed by atoms with Gasteiger partial charge in [-0.25, -0.2) is 10.8 Å². The molecule has 7 heteroatoms. The Morgan fingerprint density at radius 3 is 3.12 bits per heavy atom. The van der Waals surface area contributed by atoms with Gasteiger partial charge in [-0.15, -0.1) is 0 Å². The largest absolute Gasteiger partial charge is 0.468 e. The molecule has 17 heavy (non-hydrogen) atoms. The topological polar surface area (TPSA) is 94.0 Å². The van der Waals surface area contributed by atoms with Crippen LogP contribution in [-0.2, 0) is 5.75 Å². The second-order valence-electron chi connectivity index (χ2n) is 3.06. The van der Waals surface area contributed by atoms with Gasteiger partial charge in [-0.05, 0) is 6.07 Å². The van der Waals surface area contributed by atoms with E-state index in [-0.39, 0.29) is 5.91 Å². The summed E-state index contributed by atoms with van der Waals surface area (Å²) >= 11 is 1.43. The first-order chi connectivity index (χ1) is 8.31. The smallest absolute Gasteiger partial charge is 0.268 e. The van der Waals surface area contributed by atoms with E-state index in [1.165, 1.54) is 18.0 Å². The van der Waals surface area contributed by atoms with E-state index in [1.54, 1.807) is 24.7 Å². The predicted molar refractivity (Wildman–Crippen MR) is 62.0 cm³/mol. The van der Waals surface area contributed by atoms with Gasteiger partial charge in [0, 0.05) is 12.4 Å². The van der Waals surface area contributed by atoms with Gasteiger partial charge in [0.05, 0.1) is 23.8 Å². The van der Waals surface area contributed by atoms with Gasteiger partial charge < -0.3 is 4.42 Å². The molecule has 0 atom stereocenters. The lowest BCUT2D eigenvalue weighted by Crippen LogP contribution is -2.30. The van der Waals surface area contributed by atoms with E-state index < -0.39 is 0 Å². The number of amides is 1. The minimum atomic E-state index is -0.367. The summed E-state index contributed by atoms with van der Waals surface area (Å²) in [7, 11) is 0. The summed E-state index contributed by atoms with van der Waals surface area (Å²) in [6, 6.07) is 1.58. The molecule has 2 aromatic heterocycles. The normalized spacial score (nSPS) is 10.2. The van der Waals surface area contributed by atoms with Crippen molar-refractivity contribution in [3.63, 3.8) is 0 Å². The summed E-state index contributed by atoms with van der Waals surface area (Å²) in [5, 5.41) is 0.767. The lowest BCUT2D eigenvalue weighted by atomic mass is 10.2. The van der Waals surface area contributed by atoms with Crippen molar-refractivity contribution in [3.8, 4) is 0 Å². The van der Waals surface area contributed by atoms with Crippen LogP contribution in [0.4, 0.5) is 0 Å². The summed E-state index contributed by atoms with van der Waals surface area (Å²) in [6.45, 7) is 0. The van der Waals surface area contributed by atoms with Crippen LogP contribution < -0.4 is 11.3 Å². The number of rotatable bonds is 4. The molecule has 0 fully saturated rings. The monoisotopic (exact) mass is 250 g/mol. The molecule has 2 aromatic rings. The van der Waals surface area contributed by atoms with Gasteiger partial charge in [0.15, 0.2) is 0 Å². The van der Waals surface area contributed by atoms with E-state index in [4.69, 9.17) is 10.3 Å². The number of furan rings is 1. The number of nitrogen functional groups attached to an aromatic ring is 1. The first-order valence-electron chi connectivity index (χ1n) is 4.77. The lowest BCUT2D eigenvalue weighted by molar-refractivity contribution is 0.0952. The van der Waals surface area contributed by atoms with Gasteiger partial charge in [-0.2, -0.15) is 0 Å². The second-order valence-corrected chi connectivity index (χ2v) is 4.06. The number of carbonyl (C=O) groups excluding carboxylic acids is 1. The van der Waals surface area contributed by atoms with Crippen LogP contribution in [0.3, 0.4) is 0 Å². The van der Waals surface area contributed by atoms with E-state index in [9.17, 15) is 4.79 Å². The van der Waals surface area contributed by atoms with E-state index in [1.807, 2.05) is 0 Å². The molecular formula is C10H10N4O2S. The Morgan fingerprint density at radius 2 is 2.41 bits per heavy atom. The number of nitrogens with two attached hydrogens (primary N) is 1. The molecule has 0 unspecified atom stereocenters. The Balaban J connectivity index is 2.05. The van der Waals surface area contributed by atoms with Crippen LogP contribution in [0.2, 0.25) is 0 Å². The maximum atomic E-state index is 11.4. The number of thioether (sulfide) groups is 1. The molecule has 0 saturated carbocycles. The van der Waals surface area contributed by atoms with Crippen molar-refractivity contribution in [1.29, 1.82) is 0 Å². The highest BCUT2D eigenvalue weighted by atomic mass is 32.2. The fourth-order valence-corrected chi connectivity index (χ4v) is 2.01. The number of carbonyl (C=O) groups is 1. The maximum absolute atomic E-state index is 11.4. The van der Waals surface area contributed by atoms with Gasteiger partial charge >= 0.3 is 0 Å². The second kappa shape index (κ2) is 5.46. The molecule has 0 radical (unpaired) electrons. The molecule has 3 N–H and O–H groups in total. The number of hydrogen-bond donors (Lipinski definition) is 2. The average Bonchev–Trinajstić information content (AvgIpc) is 2.85. The van der Waals surface area contributed by atoms with E-state index in [0.717, 1.165) is 5.03 Å². The van der Waals surface area contributed by atoms with Gasteiger partial charge in [-0.3, -0.25) is 15.2 Å². The first kappa shape index (κ1) is 11.6. The molecular weight excluding hydrogens is 240 g/mol. The average molecular weight is 250 g/mol. The highest BCUT2D eigenvalue weighted by Crippen LogP contribution is 2.22. The molecule has 0 aromatic carbocycles. The van der Waals surface area contributed by atoms with E-state index in [0.29, 0.717) is 17.1 Å². The number of hydrogen-bond acceptors (Lipinski definition) is 6. The number of nitrogens with one attached hydrogen (secondary N) is 1. The Kier molecular flexibility index (Phi) is 3.73. The highest BCUT2D eigenvalue weighted by Gasteiger charge is 2.13. The summed E-state index contributed by atoms with van der Waals surface area (Å²) in [5.41, 5.74) is 2.50. The molecule has 0 saturated heterocycles. The van der Waals surface area contributed by atoms with Gasteiger partial charge in [0.25, 0.3) is 5.91 Å². The first-order valence-corrected chi connectivity index (χ1v) is 5.76. The van der Waals surface area contributed by atoms with Crippen molar-refractivity contribution in [2.24, 2.45) is 5.84 Å². The molecule has 6 nitrogen and oxygen atoms in total. The third kappa shape index (κ3) is 2.83. The minimum Gasteiger partial charge on any atom is -0.468 e. The molecule has 2 heterocycles. The van der Waals surface area contributed by atoms with Crippen molar-refractivity contribution in [1.82, 2.24) is 15.4 Å². The summed E-state index contributed by atoms with van der Waals surface area (Å²) in [5.74, 6) is 5.76. The quantitative estimate of drug-likeness (QED) is 0.363. The molecule has 1 amide bonds. The predicted octanol–water partition coefficient (Wildman–Crippen LogP) is 0.965. The zero-order chi connectivity index (χ0) is 12.1. The summed E-state index contributed by atoms with van der Waals surface area (Å²) in [4.78, 5) is 19.4. The molecule has 88 valence electrons. The third-order valence-corrected chi connectivity index (χ3v) is 2.92. The van der Waals surface area contributed by atoms with Crippen molar-refractivity contribution in [2.75, 3.05) is 0 Å². The van der Waals surface area contributed by atoms with Crippen LogP contribution in [0, 0.1) is 0 Å². The van der Waals surface area contributed by atoms with E-state index >= 15 is 0 Å². The fraction of sp³-hybridized carbons (Fsp3) is 0.100. The SMILES string of the molecule is NNC(=O)c1ccoc1CSc1cnccn1. The standard InChI is InChI=1S/C10H10N4O2S/c11-14-10(15)7-1-4-16-8(7)6-17-9-5-12-2-3-13-9/h1-5H,6,11H2,(H,14,15). The van der Waals surface area contributed by atoms with Crippen LogP contribution >= 0.6 is 11.8 Å². The molecule has 0 aliphatic rings. The zero-order valence-electron chi connectivity index (χ0n) is 8.79. The van der Waals surface area contributed by atoms with Gasteiger partial charge in [0.1, 0.15) is 10.8 Å². The molecule has 0 bridgehead atoms. The van der Waals surface area contributed by atoms with E-state index in [2.05, 4.69) is 15.4 Å². The Bertz CT molecular complexity index is 500. The zero-order valence-corrected chi connectivity index (χ0v) is 9.61. The maximum Gasteiger partial charge on any atom is 0.268 e. The van der Waals surface area contributed by atoms with Crippen molar-refractivity contribution in [2.45, 2.75) is 10.8 Å². The third-order valence-electron chi connectivity index (χ3n) is 2.01. The van der Waals surface area contributed by atoms with Gasteiger partial charge in [0.2, 0.25) is 0 Å². The van der Waals surface area contributed by atoms with Crippen LogP contribution in [0.25, 0.3) is 0 Å². The lowest BCUT2D eigenvalue weighted by Gasteiger charge is -2.00. The van der Waals surface area contributed by atoms with Crippen LogP contribution in [0.1, 0.15) is 16.1 Å². The van der Waals surface area contributed by atoms with Gasteiger partial charge in [-0.1, -0.05) is 11.8 Å². The molecule has 0 aliphatic carbocycles. The number of aromatic nitrogens is 2. The summed E-state index contributed by atoms with van der Waals surface area (Å²) < 4.78 is 5.22. The van der Waals surface area contributed by atoms with Crippen LogP contribution in [0.5, 0.6) is 0 Å².